The zero-order chi connectivity index (χ0) is 11.9. The Morgan fingerprint density at radius 2 is 1.88 bits per heavy atom. The zero-order valence-corrected chi connectivity index (χ0v) is 10.2. The van der Waals surface area contributed by atoms with Crippen LogP contribution in [0.15, 0.2) is 24.3 Å². The fourth-order valence-electron chi connectivity index (χ4n) is 2.43. The van der Waals surface area contributed by atoms with Crippen molar-refractivity contribution in [3.05, 3.63) is 29.8 Å². The van der Waals surface area contributed by atoms with Crippen LogP contribution in [0.5, 0.6) is 0 Å². The van der Waals surface area contributed by atoms with Crippen LogP contribution in [0.4, 0.5) is 5.69 Å². The first-order valence-corrected chi connectivity index (χ1v) is 5.64. The summed E-state index contributed by atoms with van der Waals surface area (Å²) in [5.74, 6) is 0.106. The van der Waals surface area contributed by atoms with Crippen molar-refractivity contribution in [1.82, 2.24) is 4.90 Å². The molecule has 0 radical (unpaired) electrons. The van der Waals surface area contributed by atoms with Crippen LogP contribution in [-0.2, 0) is 0 Å². The van der Waals surface area contributed by atoms with Crippen molar-refractivity contribution < 1.29 is 4.79 Å². The SMILES string of the molecule is CC(C)N1C(=O)c2ccccc2NC1(C)C. The van der Waals surface area contributed by atoms with Crippen molar-refractivity contribution in [2.45, 2.75) is 39.4 Å². The van der Waals surface area contributed by atoms with Gasteiger partial charge in [-0.25, -0.2) is 0 Å². The fourth-order valence-corrected chi connectivity index (χ4v) is 2.43. The maximum Gasteiger partial charge on any atom is 0.258 e. The summed E-state index contributed by atoms with van der Waals surface area (Å²) in [6, 6.07) is 7.85. The summed E-state index contributed by atoms with van der Waals surface area (Å²) in [6.45, 7) is 8.13. The molecule has 0 unspecified atom stereocenters. The Balaban J connectivity index is 2.51. The molecule has 0 spiro atoms. The number of carbonyl (C=O) groups is 1. The van der Waals surface area contributed by atoms with Crippen molar-refractivity contribution in [1.29, 1.82) is 0 Å². The van der Waals surface area contributed by atoms with Gasteiger partial charge in [-0.15, -0.1) is 0 Å². The van der Waals surface area contributed by atoms with Crippen molar-refractivity contribution in [3.63, 3.8) is 0 Å². The van der Waals surface area contributed by atoms with Crippen LogP contribution in [0.1, 0.15) is 38.1 Å². The van der Waals surface area contributed by atoms with E-state index in [-0.39, 0.29) is 17.6 Å². The highest BCUT2D eigenvalue weighted by Gasteiger charge is 2.38. The fraction of sp³-hybridized carbons (Fsp3) is 0.462. The molecule has 1 amide bonds. The average molecular weight is 218 g/mol. The first-order valence-electron chi connectivity index (χ1n) is 5.64. The van der Waals surface area contributed by atoms with Gasteiger partial charge in [0.1, 0.15) is 5.66 Å². The lowest BCUT2D eigenvalue weighted by Crippen LogP contribution is -2.58. The second-order valence-electron chi connectivity index (χ2n) is 5.00. The predicted octanol–water partition coefficient (Wildman–Crippen LogP) is 2.70. The quantitative estimate of drug-likeness (QED) is 0.786. The summed E-state index contributed by atoms with van der Waals surface area (Å²) in [6.07, 6.45) is 0. The van der Waals surface area contributed by atoms with E-state index >= 15 is 0 Å². The van der Waals surface area contributed by atoms with Crippen LogP contribution in [0.25, 0.3) is 0 Å². The largest absolute Gasteiger partial charge is 0.362 e. The minimum Gasteiger partial charge on any atom is -0.362 e. The molecule has 3 heteroatoms. The van der Waals surface area contributed by atoms with E-state index in [0.29, 0.717) is 0 Å². The third-order valence-corrected chi connectivity index (χ3v) is 2.94. The third kappa shape index (κ3) is 1.56. The number of anilines is 1. The molecule has 1 aromatic rings. The van der Waals surface area contributed by atoms with E-state index < -0.39 is 0 Å². The Labute approximate surface area is 96.5 Å². The van der Waals surface area contributed by atoms with E-state index in [1.165, 1.54) is 0 Å². The van der Waals surface area contributed by atoms with Crippen LogP contribution in [0, 0.1) is 0 Å². The highest BCUT2D eigenvalue weighted by atomic mass is 16.2. The Hall–Kier alpha value is -1.51. The normalized spacial score (nSPS) is 18.3. The van der Waals surface area contributed by atoms with E-state index in [9.17, 15) is 4.79 Å². The second-order valence-corrected chi connectivity index (χ2v) is 5.00. The van der Waals surface area contributed by atoms with Gasteiger partial charge in [-0.05, 0) is 39.8 Å². The number of nitrogens with zero attached hydrogens (tertiary/aromatic N) is 1. The highest BCUT2D eigenvalue weighted by molar-refractivity contribution is 6.02. The summed E-state index contributed by atoms with van der Waals surface area (Å²) in [4.78, 5) is 14.2. The molecule has 86 valence electrons. The van der Waals surface area contributed by atoms with E-state index in [2.05, 4.69) is 5.32 Å². The number of hydrogen-bond acceptors (Lipinski definition) is 2. The molecule has 16 heavy (non-hydrogen) atoms. The van der Waals surface area contributed by atoms with Crippen molar-refractivity contribution in [3.8, 4) is 0 Å². The molecule has 1 aliphatic rings. The number of nitrogens with one attached hydrogen (secondary N) is 1. The van der Waals surface area contributed by atoms with Crippen molar-refractivity contribution in [2.75, 3.05) is 5.32 Å². The molecule has 3 nitrogen and oxygen atoms in total. The molecular weight excluding hydrogens is 200 g/mol. The number of fused-ring (bicyclic) bond motifs is 1. The summed E-state index contributed by atoms with van der Waals surface area (Å²) in [7, 11) is 0. The second kappa shape index (κ2) is 3.51. The third-order valence-electron chi connectivity index (χ3n) is 2.94. The number of hydrogen-bond donors (Lipinski definition) is 1. The van der Waals surface area contributed by atoms with E-state index in [1.807, 2.05) is 56.9 Å². The number of carbonyl (C=O) groups excluding carboxylic acids is 1. The van der Waals surface area contributed by atoms with Gasteiger partial charge < -0.3 is 10.2 Å². The average Bonchev–Trinajstić information content (AvgIpc) is 2.15. The Bertz CT molecular complexity index is 424. The Morgan fingerprint density at radius 3 is 2.50 bits per heavy atom. The molecule has 0 fully saturated rings. The first-order chi connectivity index (χ1) is 7.43. The van der Waals surface area contributed by atoms with Crippen LogP contribution in [0.3, 0.4) is 0 Å². The van der Waals surface area contributed by atoms with Crippen LogP contribution in [0.2, 0.25) is 0 Å². The van der Waals surface area contributed by atoms with Crippen molar-refractivity contribution in [2.24, 2.45) is 0 Å². The molecule has 0 atom stereocenters. The minimum absolute atomic E-state index is 0.106. The molecular formula is C13H18N2O. The van der Waals surface area contributed by atoms with Gasteiger partial charge in [-0.3, -0.25) is 4.79 Å². The smallest absolute Gasteiger partial charge is 0.258 e. The first kappa shape index (κ1) is 11.0. The van der Waals surface area contributed by atoms with Crippen molar-refractivity contribution >= 4 is 11.6 Å². The molecule has 0 saturated carbocycles. The standard InChI is InChI=1S/C13H18N2O/c1-9(2)15-12(16)10-7-5-6-8-11(10)14-13(15,3)4/h5-9,14H,1-4H3. The molecule has 0 bridgehead atoms. The number of rotatable bonds is 1. The molecule has 0 saturated heterocycles. The topological polar surface area (TPSA) is 32.3 Å². The molecule has 1 heterocycles. The number of para-hydroxylation sites is 1. The summed E-state index contributed by atoms with van der Waals surface area (Å²) in [5, 5.41) is 3.40. The number of benzene rings is 1. The highest BCUT2D eigenvalue weighted by Crippen LogP contribution is 2.31. The van der Waals surface area contributed by atoms with Gasteiger partial charge in [0.25, 0.3) is 5.91 Å². The minimum atomic E-state index is -0.334. The molecule has 0 aliphatic carbocycles. The van der Waals surface area contributed by atoms with Gasteiger partial charge in [-0.2, -0.15) is 0 Å². The molecule has 0 aromatic heterocycles. The summed E-state index contributed by atoms with van der Waals surface area (Å²) < 4.78 is 0. The van der Waals surface area contributed by atoms with Gasteiger partial charge >= 0.3 is 0 Å². The number of amides is 1. The monoisotopic (exact) mass is 218 g/mol. The van der Waals surface area contributed by atoms with E-state index in [0.717, 1.165) is 11.3 Å². The Kier molecular flexibility index (Phi) is 2.41. The molecule has 1 N–H and O–H groups in total. The van der Waals surface area contributed by atoms with E-state index in [4.69, 9.17) is 0 Å². The predicted molar refractivity (Wildman–Crippen MR) is 65.4 cm³/mol. The van der Waals surface area contributed by atoms with Gasteiger partial charge in [-0.1, -0.05) is 12.1 Å². The maximum absolute atomic E-state index is 12.4. The molecule has 2 rings (SSSR count). The lowest BCUT2D eigenvalue weighted by molar-refractivity contribution is 0.0484. The molecule has 1 aliphatic heterocycles. The summed E-state index contributed by atoms with van der Waals surface area (Å²) >= 11 is 0. The van der Waals surface area contributed by atoms with Crippen LogP contribution in [-0.4, -0.2) is 22.5 Å². The van der Waals surface area contributed by atoms with Gasteiger partial charge in [0.2, 0.25) is 0 Å². The van der Waals surface area contributed by atoms with Gasteiger partial charge in [0.15, 0.2) is 0 Å². The summed E-state index contributed by atoms with van der Waals surface area (Å²) in [5.41, 5.74) is 1.35. The molecule has 1 aromatic carbocycles. The zero-order valence-electron chi connectivity index (χ0n) is 10.2. The van der Waals surface area contributed by atoms with E-state index in [1.54, 1.807) is 0 Å². The van der Waals surface area contributed by atoms with Gasteiger partial charge in [0.05, 0.1) is 5.56 Å². The van der Waals surface area contributed by atoms with Crippen LogP contribution >= 0.6 is 0 Å². The van der Waals surface area contributed by atoms with Crippen LogP contribution < -0.4 is 5.32 Å². The lowest BCUT2D eigenvalue weighted by atomic mass is 10.0. The maximum atomic E-state index is 12.4. The Morgan fingerprint density at radius 1 is 1.25 bits per heavy atom. The lowest BCUT2D eigenvalue weighted by Gasteiger charge is -2.46. The van der Waals surface area contributed by atoms with Gasteiger partial charge in [0, 0.05) is 11.7 Å².